The number of carbonyl (C=O) groups is 3. The third-order valence-corrected chi connectivity index (χ3v) is 6.43. The quantitative estimate of drug-likeness (QED) is 0.154. The summed E-state index contributed by atoms with van der Waals surface area (Å²) < 4.78 is 9.92. The van der Waals surface area contributed by atoms with Gasteiger partial charge >= 0.3 is 11.9 Å². The highest BCUT2D eigenvalue weighted by molar-refractivity contribution is 7.14. The lowest BCUT2D eigenvalue weighted by Gasteiger charge is -2.16. The number of H-pyrrole nitrogens is 2. The van der Waals surface area contributed by atoms with Crippen LogP contribution in [0.15, 0.2) is 23.0 Å². The van der Waals surface area contributed by atoms with Crippen molar-refractivity contribution in [3.05, 3.63) is 44.0 Å². The molecular weight excluding hydrogens is 510 g/mol. The van der Waals surface area contributed by atoms with Crippen molar-refractivity contribution < 1.29 is 23.9 Å². The molecule has 3 aromatic rings. The molecule has 0 saturated carbocycles. The van der Waals surface area contributed by atoms with E-state index in [1.165, 1.54) is 11.3 Å². The second-order valence-electron chi connectivity index (χ2n) is 8.30. The Hall–Kier alpha value is -4.11. The van der Waals surface area contributed by atoms with Crippen LogP contribution in [0.2, 0.25) is 0 Å². The molecule has 0 radical (unpaired) electrons. The lowest BCUT2D eigenvalue weighted by molar-refractivity contribution is -0.146. The van der Waals surface area contributed by atoms with Gasteiger partial charge in [-0.3, -0.25) is 19.4 Å². The van der Waals surface area contributed by atoms with Gasteiger partial charge in [-0.2, -0.15) is 4.98 Å². The number of nitrogens with zero attached hydrogens (tertiary/aromatic N) is 1. The smallest absolute Gasteiger partial charge is 0.328 e. The molecule has 11 nitrogen and oxygen atoms in total. The van der Waals surface area contributed by atoms with Crippen LogP contribution in [0.5, 0.6) is 0 Å². The Labute approximate surface area is 223 Å². The molecule has 1 atom stereocenters. The van der Waals surface area contributed by atoms with Gasteiger partial charge in [0.05, 0.1) is 28.4 Å². The first-order valence-corrected chi connectivity index (χ1v) is 13.2. The van der Waals surface area contributed by atoms with E-state index in [4.69, 9.17) is 15.2 Å². The minimum absolute atomic E-state index is 0.0111. The number of rotatable bonds is 12. The molecule has 0 aliphatic heterocycles. The molecule has 0 aliphatic rings. The zero-order valence-corrected chi connectivity index (χ0v) is 22.2. The van der Waals surface area contributed by atoms with Gasteiger partial charge in [-0.15, -0.1) is 11.3 Å². The van der Waals surface area contributed by atoms with E-state index in [1.807, 2.05) is 0 Å². The third-order valence-electron chi connectivity index (χ3n) is 5.43. The molecule has 0 spiro atoms. The number of hydrogen-bond acceptors (Lipinski definition) is 9. The summed E-state index contributed by atoms with van der Waals surface area (Å²) in [5.41, 5.74) is 6.70. The number of aromatic nitrogens is 3. The number of esters is 2. The van der Waals surface area contributed by atoms with Crippen molar-refractivity contribution in [1.82, 2.24) is 20.3 Å². The van der Waals surface area contributed by atoms with Crippen molar-refractivity contribution in [3.8, 4) is 11.8 Å². The number of amides is 1. The minimum Gasteiger partial charge on any atom is -0.466 e. The molecule has 0 aromatic carbocycles. The van der Waals surface area contributed by atoms with Gasteiger partial charge in [0.1, 0.15) is 11.7 Å². The molecule has 3 rings (SSSR count). The van der Waals surface area contributed by atoms with Crippen molar-refractivity contribution in [2.75, 3.05) is 18.9 Å². The van der Waals surface area contributed by atoms with Gasteiger partial charge in [-0.05, 0) is 57.7 Å². The molecule has 0 bridgehead atoms. The number of nitrogens with one attached hydrogen (secondary N) is 3. The third kappa shape index (κ3) is 8.21. The van der Waals surface area contributed by atoms with Gasteiger partial charge in [0.25, 0.3) is 11.5 Å². The number of anilines is 1. The zero-order chi connectivity index (χ0) is 27.5. The summed E-state index contributed by atoms with van der Waals surface area (Å²) in [7, 11) is 0. The lowest BCUT2D eigenvalue weighted by Crippen LogP contribution is -2.42. The Morgan fingerprint density at radius 2 is 1.95 bits per heavy atom. The van der Waals surface area contributed by atoms with Gasteiger partial charge in [-0.1, -0.05) is 11.8 Å². The van der Waals surface area contributed by atoms with Gasteiger partial charge in [-0.25, -0.2) is 4.79 Å². The van der Waals surface area contributed by atoms with Crippen LogP contribution < -0.4 is 16.6 Å². The highest BCUT2D eigenvalue weighted by Gasteiger charge is 2.24. The number of carbonyl (C=O) groups excluding carboxylic acids is 3. The largest absolute Gasteiger partial charge is 0.466 e. The standard InChI is InChI=1S/C26H31N5O6S/c1-3-36-21(32)14-12-19(25(35)37-4-2)29-24(34)20-13-11-17(38-20)10-8-6-5-7-9-16-15-18-22(28-16)30-26(27)31-23(18)33/h11,13,15,19H,3-7,9,12,14H2,1-2H3,(H,29,34)(H4,27,28,30,31,33)/t19-/m0/s1. The Morgan fingerprint density at radius 3 is 2.71 bits per heavy atom. The van der Waals surface area contributed by atoms with Crippen LogP contribution in [-0.2, 0) is 25.5 Å². The fourth-order valence-electron chi connectivity index (χ4n) is 3.65. The fourth-order valence-corrected chi connectivity index (χ4v) is 4.43. The predicted octanol–water partition coefficient (Wildman–Crippen LogP) is 2.66. The maximum absolute atomic E-state index is 12.7. The molecule has 3 heterocycles. The molecule has 38 heavy (non-hydrogen) atoms. The first-order chi connectivity index (χ1) is 18.3. The predicted molar refractivity (Wildman–Crippen MR) is 144 cm³/mol. The Bertz CT molecular complexity index is 1400. The SMILES string of the molecule is CCOC(=O)CC[C@H](NC(=O)c1ccc(C#CCCCCc2cc3c(=O)[nH]c(N)nc3[nH]2)s1)C(=O)OCC. The number of unbranched alkanes of at least 4 members (excludes halogenated alkanes) is 2. The van der Waals surface area contributed by atoms with E-state index in [2.05, 4.69) is 32.1 Å². The summed E-state index contributed by atoms with van der Waals surface area (Å²) >= 11 is 1.22. The first kappa shape index (κ1) is 28.5. The number of thiophene rings is 1. The highest BCUT2D eigenvalue weighted by atomic mass is 32.1. The van der Waals surface area contributed by atoms with E-state index < -0.39 is 23.9 Å². The number of hydrogen-bond donors (Lipinski definition) is 4. The van der Waals surface area contributed by atoms with Crippen molar-refractivity contribution >= 4 is 46.2 Å². The van der Waals surface area contributed by atoms with Gasteiger partial charge in [0, 0.05) is 18.5 Å². The van der Waals surface area contributed by atoms with Crippen LogP contribution >= 0.6 is 11.3 Å². The van der Waals surface area contributed by atoms with Crippen LogP contribution in [0.3, 0.4) is 0 Å². The lowest BCUT2D eigenvalue weighted by atomic mass is 10.1. The monoisotopic (exact) mass is 541 g/mol. The Kier molecular flexibility index (Phi) is 10.5. The van der Waals surface area contributed by atoms with Crippen LogP contribution in [0, 0.1) is 11.8 Å². The summed E-state index contributed by atoms with van der Waals surface area (Å²) in [6.45, 7) is 3.78. The Morgan fingerprint density at radius 1 is 1.16 bits per heavy atom. The molecule has 0 fully saturated rings. The van der Waals surface area contributed by atoms with E-state index in [-0.39, 0.29) is 37.6 Å². The second kappa shape index (κ2) is 14.0. The van der Waals surface area contributed by atoms with Crippen molar-refractivity contribution in [1.29, 1.82) is 0 Å². The number of nitrogens with two attached hydrogens (primary N) is 1. The molecule has 5 N–H and O–H groups in total. The zero-order valence-electron chi connectivity index (χ0n) is 21.3. The summed E-state index contributed by atoms with van der Waals surface area (Å²) in [5, 5.41) is 3.13. The second-order valence-corrected chi connectivity index (χ2v) is 9.39. The number of nitrogen functional groups attached to an aromatic ring is 1. The molecule has 202 valence electrons. The summed E-state index contributed by atoms with van der Waals surface area (Å²) in [6.07, 6.45) is 3.22. The van der Waals surface area contributed by atoms with Crippen LogP contribution in [-0.4, -0.2) is 52.1 Å². The maximum atomic E-state index is 12.7. The fraction of sp³-hybridized carbons (Fsp3) is 0.423. The number of fused-ring (bicyclic) bond motifs is 1. The minimum atomic E-state index is -0.952. The van der Waals surface area contributed by atoms with Crippen LogP contribution in [0.4, 0.5) is 5.95 Å². The Balaban J connectivity index is 1.48. The van der Waals surface area contributed by atoms with E-state index in [0.29, 0.717) is 22.3 Å². The first-order valence-electron chi connectivity index (χ1n) is 12.4. The molecule has 1 amide bonds. The van der Waals surface area contributed by atoms with Crippen molar-refractivity contribution in [3.63, 3.8) is 0 Å². The van der Waals surface area contributed by atoms with E-state index in [9.17, 15) is 19.2 Å². The van der Waals surface area contributed by atoms with E-state index in [0.717, 1.165) is 29.8 Å². The van der Waals surface area contributed by atoms with Crippen molar-refractivity contribution in [2.24, 2.45) is 0 Å². The van der Waals surface area contributed by atoms with E-state index in [1.54, 1.807) is 32.0 Å². The summed E-state index contributed by atoms with van der Waals surface area (Å²) in [5.74, 6) is 4.78. The molecular formula is C26H31N5O6S. The van der Waals surface area contributed by atoms with E-state index >= 15 is 0 Å². The number of aromatic amines is 2. The average molecular weight is 542 g/mol. The molecule has 3 aromatic heterocycles. The maximum Gasteiger partial charge on any atom is 0.328 e. The summed E-state index contributed by atoms with van der Waals surface area (Å²) in [6, 6.07) is 4.24. The number of ether oxygens (including phenoxy) is 2. The molecule has 0 saturated heterocycles. The molecule has 0 aliphatic carbocycles. The van der Waals surface area contributed by atoms with Crippen LogP contribution in [0.25, 0.3) is 11.0 Å². The van der Waals surface area contributed by atoms with Gasteiger partial charge in [0.2, 0.25) is 5.95 Å². The number of aryl methyl sites for hydroxylation is 1. The molecule has 12 heteroatoms. The van der Waals surface area contributed by atoms with Crippen LogP contribution in [0.1, 0.15) is 66.2 Å². The van der Waals surface area contributed by atoms with Gasteiger partial charge in [0.15, 0.2) is 0 Å². The highest BCUT2D eigenvalue weighted by Crippen LogP contribution is 2.17. The topological polar surface area (TPSA) is 169 Å². The van der Waals surface area contributed by atoms with Gasteiger partial charge < -0.3 is 25.5 Å². The molecule has 0 unspecified atom stereocenters. The average Bonchev–Trinajstić information content (AvgIpc) is 3.51. The summed E-state index contributed by atoms with van der Waals surface area (Å²) in [4.78, 5) is 59.3. The normalized spacial score (nSPS) is 11.4. The van der Waals surface area contributed by atoms with Crippen molar-refractivity contribution in [2.45, 2.75) is 58.4 Å².